The Hall–Kier alpha value is -0.930. The Labute approximate surface area is 78.6 Å². The van der Waals surface area contributed by atoms with Gasteiger partial charge in [-0.3, -0.25) is 9.88 Å². The van der Waals surface area contributed by atoms with E-state index in [-0.39, 0.29) is 0 Å². The van der Waals surface area contributed by atoms with Crippen molar-refractivity contribution < 1.29 is 0 Å². The standard InChI is InChI=1S/C10H15N3/c1-13-6-4-8-3-2-5-12-10(8)9(13)7-11/h2-3,5,9H,4,6-7,11H2,1H3. The fourth-order valence-corrected chi connectivity index (χ4v) is 1.92. The Morgan fingerprint density at radius 3 is 3.31 bits per heavy atom. The minimum absolute atomic E-state index is 0.310. The van der Waals surface area contributed by atoms with Crippen molar-refractivity contribution in [2.24, 2.45) is 5.73 Å². The highest BCUT2D eigenvalue weighted by molar-refractivity contribution is 5.25. The molecule has 0 aliphatic carbocycles. The first-order valence-electron chi connectivity index (χ1n) is 4.67. The molecule has 0 bridgehead atoms. The maximum Gasteiger partial charge on any atom is 0.0644 e. The summed E-state index contributed by atoms with van der Waals surface area (Å²) in [5.41, 5.74) is 8.25. The van der Waals surface area contributed by atoms with Crippen LogP contribution in [0.25, 0.3) is 0 Å². The quantitative estimate of drug-likeness (QED) is 0.682. The van der Waals surface area contributed by atoms with Gasteiger partial charge in [0.1, 0.15) is 0 Å². The number of fused-ring (bicyclic) bond motifs is 1. The molecule has 1 aliphatic rings. The Balaban J connectivity index is 2.39. The second kappa shape index (κ2) is 3.44. The number of nitrogens with zero attached hydrogens (tertiary/aromatic N) is 2. The van der Waals surface area contributed by atoms with Gasteiger partial charge in [-0.05, 0) is 25.1 Å². The molecule has 1 unspecified atom stereocenters. The molecule has 1 aromatic rings. The molecule has 0 saturated carbocycles. The largest absolute Gasteiger partial charge is 0.329 e. The highest BCUT2D eigenvalue weighted by Gasteiger charge is 2.23. The van der Waals surface area contributed by atoms with Crippen molar-refractivity contribution >= 4 is 0 Å². The van der Waals surface area contributed by atoms with Gasteiger partial charge in [-0.15, -0.1) is 0 Å². The van der Waals surface area contributed by atoms with Gasteiger partial charge in [0.2, 0.25) is 0 Å². The Morgan fingerprint density at radius 1 is 1.69 bits per heavy atom. The topological polar surface area (TPSA) is 42.2 Å². The van der Waals surface area contributed by atoms with Crippen LogP contribution in [0.3, 0.4) is 0 Å². The van der Waals surface area contributed by atoms with E-state index in [9.17, 15) is 0 Å². The maximum absolute atomic E-state index is 5.73. The number of hydrogen-bond donors (Lipinski definition) is 1. The van der Waals surface area contributed by atoms with E-state index in [2.05, 4.69) is 23.0 Å². The number of rotatable bonds is 1. The molecule has 1 atom stereocenters. The third-order valence-electron chi connectivity index (χ3n) is 2.73. The highest BCUT2D eigenvalue weighted by atomic mass is 15.2. The van der Waals surface area contributed by atoms with Crippen LogP contribution < -0.4 is 5.73 Å². The molecule has 0 saturated heterocycles. The van der Waals surface area contributed by atoms with E-state index in [4.69, 9.17) is 5.73 Å². The zero-order valence-electron chi connectivity index (χ0n) is 7.90. The average molecular weight is 177 g/mol. The van der Waals surface area contributed by atoms with Gasteiger partial charge in [-0.1, -0.05) is 6.07 Å². The molecule has 2 N–H and O–H groups in total. The van der Waals surface area contributed by atoms with E-state index >= 15 is 0 Å². The molecular formula is C10H15N3. The van der Waals surface area contributed by atoms with Gasteiger partial charge >= 0.3 is 0 Å². The summed E-state index contributed by atoms with van der Waals surface area (Å²) in [4.78, 5) is 6.67. The Morgan fingerprint density at radius 2 is 2.54 bits per heavy atom. The summed E-state index contributed by atoms with van der Waals surface area (Å²) in [6.07, 6.45) is 2.94. The summed E-state index contributed by atoms with van der Waals surface area (Å²) in [6.45, 7) is 1.74. The summed E-state index contributed by atoms with van der Waals surface area (Å²) >= 11 is 0. The fraction of sp³-hybridized carbons (Fsp3) is 0.500. The van der Waals surface area contributed by atoms with Crippen LogP contribution in [0.2, 0.25) is 0 Å². The average Bonchev–Trinajstić information content (AvgIpc) is 2.18. The predicted molar refractivity (Wildman–Crippen MR) is 52.4 cm³/mol. The summed E-state index contributed by atoms with van der Waals surface area (Å²) < 4.78 is 0. The van der Waals surface area contributed by atoms with Crippen LogP contribution in [0.15, 0.2) is 18.3 Å². The lowest BCUT2D eigenvalue weighted by Crippen LogP contribution is -2.37. The van der Waals surface area contributed by atoms with Gasteiger partial charge in [0.05, 0.1) is 11.7 Å². The van der Waals surface area contributed by atoms with Crippen LogP contribution in [-0.2, 0) is 6.42 Å². The van der Waals surface area contributed by atoms with Gasteiger partial charge < -0.3 is 5.73 Å². The van der Waals surface area contributed by atoms with E-state index in [1.54, 1.807) is 0 Å². The first kappa shape index (κ1) is 8.66. The molecular weight excluding hydrogens is 162 g/mol. The summed E-state index contributed by atoms with van der Waals surface area (Å²) in [5, 5.41) is 0. The number of hydrogen-bond acceptors (Lipinski definition) is 3. The molecule has 2 heterocycles. The Kier molecular flexibility index (Phi) is 2.29. The third-order valence-corrected chi connectivity index (χ3v) is 2.73. The van der Waals surface area contributed by atoms with Gasteiger partial charge in [-0.25, -0.2) is 0 Å². The molecule has 0 amide bonds. The van der Waals surface area contributed by atoms with Crippen molar-refractivity contribution in [3.63, 3.8) is 0 Å². The van der Waals surface area contributed by atoms with Gasteiger partial charge in [0, 0.05) is 19.3 Å². The van der Waals surface area contributed by atoms with Gasteiger partial charge in [0.25, 0.3) is 0 Å². The van der Waals surface area contributed by atoms with E-state index in [0.717, 1.165) is 13.0 Å². The lowest BCUT2D eigenvalue weighted by atomic mass is 9.98. The first-order valence-corrected chi connectivity index (χ1v) is 4.67. The maximum atomic E-state index is 5.73. The van der Waals surface area contributed by atoms with Crippen molar-refractivity contribution in [1.82, 2.24) is 9.88 Å². The van der Waals surface area contributed by atoms with Crippen molar-refractivity contribution in [1.29, 1.82) is 0 Å². The predicted octanol–water partition coefficient (Wildman–Crippen LogP) is 0.569. The van der Waals surface area contributed by atoms with Crippen molar-refractivity contribution in [3.05, 3.63) is 29.6 Å². The molecule has 3 heteroatoms. The lowest BCUT2D eigenvalue weighted by molar-refractivity contribution is 0.231. The van der Waals surface area contributed by atoms with Crippen LogP contribution in [0, 0.1) is 0 Å². The number of pyridine rings is 1. The normalized spacial score (nSPS) is 22.8. The van der Waals surface area contributed by atoms with Crippen molar-refractivity contribution in [2.45, 2.75) is 12.5 Å². The van der Waals surface area contributed by atoms with E-state index < -0.39 is 0 Å². The smallest absolute Gasteiger partial charge is 0.0644 e. The van der Waals surface area contributed by atoms with Crippen molar-refractivity contribution in [3.8, 4) is 0 Å². The minimum atomic E-state index is 0.310. The molecule has 1 aliphatic heterocycles. The van der Waals surface area contributed by atoms with Crippen molar-refractivity contribution in [2.75, 3.05) is 20.1 Å². The molecule has 1 aromatic heterocycles. The van der Waals surface area contributed by atoms with Gasteiger partial charge in [-0.2, -0.15) is 0 Å². The molecule has 13 heavy (non-hydrogen) atoms. The van der Waals surface area contributed by atoms with Crippen LogP contribution >= 0.6 is 0 Å². The zero-order chi connectivity index (χ0) is 9.26. The van der Waals surface area contributed by atoms with Gasteiger partial charge in [0.15, 0.2) is 0 Å². The minimum Gasteiger partial charge on any atom is -0.329 e. The van der Waals surface area contributed by atoms with Crippen LogP contribution in [0.5, 0.6) is 0 Å². The molecule has 3 nitrogen and oxygen atoms in total. The SMILES string of the molecule is CN1CCc2cccnc2C1CN. The lowest BCUT2D eigenvalue weighted by Gasteiger charge is -2.32. The molecule has 2 rings (SSSR count). The second-order valence-electron chi connectivity index (χ2n) is 3.53. The fourth-order valence-electron chi connectivity index (χ4n) is 1.92. The summed E-state index contributed by atoms with van der Waals surface area (Å²) in [7, 11) is 2.11. The molecule has 0 spiro atoms. The molecule has 70 valence electrons. The number of nitrogens with two attached hydrogens (primary N) is 1. The highest BCUT2D eigenvalue weighted by Crippen LogP contribution is 2.24. The Bertz CT molecular complexity index is 298. The molecule has 0 radical (unpaired) electrons. The zero-order valence-corrected chi connectivity index (χ0v) is 7.90. The molecule has 0 aromatic carbocycles. The number of aromatic nitrogens is 1. The first-order chi connectivity index (χ1) is 6.33. The van der Waals surface area contributed by atoms with Crippen LogP contribution in [0.1, 0.15) is 17.3 Å². The molecule has 0 fully saturated rings. The van der Waals surface area contributed by atoms with Crippen LogP contribution in [-0.4, -0.2) is 30.0 Å². The van der Waals surface area contributed by atoms with E-state index in [0.29, 0.717) is 12.6 Å². The number of likely N-dealkylation sites (N-methyl/N-ethyl adjacent to an activating group) is 1. The van der Waals surface area contributed by atoms with E-state index in [1.807, 2.05) is 12.3 Å². The van der Waals surface area contributed by atoms with Crippen LogP contribution in [0.4, 0.5) is 0 Å². The van der Waals surface area contributed by atoms with E-state index in [1.165, 1.54) is 11.3 Å². The summed E-state index contributed by atoms with van der Waals surface area (Å²) in [6, 6.07) is 4.46. The second-order valence-corrected chi connectivity index (χ2v) is 3.53. The summed E-state index contributed by atoms with van der Waals surface area (Å²) in [5.74, 6) is 0. The monoisotopic (exact) mass is 177 g/mol. The third kappa shape index (κ3) is 1.45.